The molecule has 76 valence electrons. The first-order chi connectivity index (χ1) is 6.57. The molecule has 2 N–H and O–H groups in total. The largest absolute Gasteiger partial charge is 0.494 e. The first kappa shape index (κ1) is 9.74. The Labute approximate surface area is 86.8 Å². The van der Waals surface area contributed by atoms with Crippen molar-refractivity contribution in [2.45, 2.75) is 18.4 Å². The van der Waals surface area contributed by atoms with Gasteiger partial charge in [-0.25, -0.2) is 4.39 Å². The number of rotatable bonds is 2. The maximum absolute atomic E-state index is 13.3. The van der Waals surface area contributed by atoms with Gasteiger partial charge in [-0.2, -0.15) is 0 Å². The Morgan fingerprint density at radius 2 is 2.14 bits per heavy atom. The minimum atomic E-state index is -0.526. The molecule has 1 saturated carbocycles. The third-order valence-electron chi connectivity index (χ3n) is 2.58. The lowest BCUT2D eigenvalue weighted by Crippen LogP contribution is -2.18. The number of benzene rings is 1. The molecule has 0 unspecified atom stereocenters. The van der Waals surface area contributed by atoms with Crippen molar-refractivity contribution >= 4 is 11.6 Å². The second-order valence-corrected chi connectivity index (χ2v) is 4.04. The van der Waals surface area contributed by atoms with Gasteiger partial charge in [0.1, 0.15) is 0 Å². The molecule has 0 amide bonds. The third kappa shape index (κ3) is 1.47. The van der Waals surface area contributed by atoms with Gasteiger partial charge in [0.05, 0.1) is 12.1 Å². The summed E-state index contributed by atoms with van der Waals surface area (Å²) < 4.78 is 18.2. The highest BCUT2D eigenvalue weighted by molar-refractivity contribution is 6.31. The molecule has 2 nitrogen and oxygen atoms in total. The smallest absolute Gasteiger partial charge is 0.183 e. The molecule has 1 aromatic rings. The quantitative estimate of drug-likeness (QED) is 0.823. The van der Waals surface area contributed by atoms with Gasteiger partial charge >= 0.3 is 0 Å². The summed E-state index contributed by atoms with van der Waals surface area (Å²) in [5, 5.41) is 0.0658. The van der Waals surface area contributed by atoms with Crippen LogP contribution in [0.3, 0.4) is 0 Å². The molecule has 0 spiro atoms. The molecule has 4 heteroatoms. The number of methoxy groups -OCH3 is 1. The van der Waals surface area contributed by atoms with Crippen LogP contribution in [-0.4, -0.2) is 7.11 Å². The van der Waals surface area contributed by atoms with Gasteiger partial charge in [-0.1, -0.05) is 11.6 Å². The van der Waals surface area contributed by atoms with Crippen molar-refractivity contribution in [3.05, 3.63) is 28.5 Å². The van der Waals surface area contributed by atoms with Crippen molar-refractivity contribution in [1.29, 1.82) is 0 Å². The first-order valence-corrected chi connectivity index (χ1v) is 4.77. The molecule has 0 aliphatic heterocycles. The Balaban J connectivity index is 2.48. The van der Waals surface area contributed by atoms with Crippen molar-refractivity contribution in [1.82, 2.24) is 0 Å². The van der Waals surface area contributed by atoms with Crippen LogP contribution >= 0.6 is 11.6 Å². The average Bonchev–Trinajstić information content (AvgIpc) is 2.89. The zero-order valence-corrected chi connectivity index (χ0v) is 8.57. The van der Waals surface area contributed by atoms with Crippen LogP contribution in [0.2, 0.25) is 5.02 Å². The summed E-state index contributed by atoms with van der Waals surface area (Å²) >= 11 is 5.72. The minimum absolute atomic E-state index is 0.0658. The van der Waals surface area contributed by atoms with E-state index < -0.39 is 5.82 Å². The normalized spacial score (nSPS) is 18.0. The first-order valence-electron chi connectivity index (χ1n) is 4.39. The Hall–Kier alpha value is -0.800. The van der Waals surface area contributed by atoms with E-state index >= 15 is 0 Å². The van der Waals surface area contributed by atoms with Gasteiger partial charge in [0, 0.05) is 5.54 Å². The summed E-state index contributed by atoms with van der Waals surface area (Å²) in [5.41, 5.74) is 6.51. The number of ether oxygens (including phenoxy) is 1. The van der Waals surface area contributed by atoms with E-state index in [9.17, 15) is 4.39 Å². The van der Waals surface area contributed by atoms with Crippen molar-refractivity contribution in [2.24, 2.45) is 5.73 Å². The topological polar surface area (TPSA) is 35.2 Å². The number of halogens is 2. The lowest BCUT2D eigenvalue weighted by molar-refractivity contribution is 0.385. The summed E-state index contributed by atoms with van der Waals surface area (Å²) in [6.07, 6.45) is 1.83. The molecule has 0 heterocycles. The Bertz CT molecular complexity index is 377. The minimum Gasteiger partial charge on any atom is -0.494 e. The van der Waals surface area contributed by atoms with Crippen LogP contribution in [0.25, 0.3) is 0 Å². The Morgan fingerprint density at radius 1 is 1.50 bits per heavy atom. The summed E-state index contributed by atoms with van der Waals surface area (Å²) in [7, 11) is 1.41. The highest BCUT2D eigenvalue weighted by atomic mass is 35.5. The van der Waals surface area contributed by atoms with Gasteiger partial charge in [-0.15, -0.1) is 0 Å². The maximum atomic E-state index is 13.3. The molecular formula is C10H11ClFNO. The molecule has 0 saturated heterocycles. The lowest BCUT2D eigenvalue weighted by Gasteiger charge is -2.12. The van der Waals surface area contributed by atoms with Gasteiger partial charge in [0.25, 0.3) is 0 Å². The predicted molar refractivity (Wildman–Crippen MR) is 53.1 cm³/mol. The number of hydrogen-bond acceptors (Lipinski definition) is 2. The molecule has 2 rings (SSSR count). The molecule has 1 aliphatic rings. The van der Waals surface area contributed by atoms with E-state index in [1.165, 1.54) is 7.11 Å². The summed E-state index contributed by atoms with van der Waals surface area (Å²) in [5.74, 6) is -0.369. The molecular weight excluding hydrogens is 205 g/mol. The second kappa shape index (κ2) is 3.11. The van der Waals surface area contributed by atoms with Gasteiger partial charge in [0.15, 0.2) is 11.6 Å². The predicted octanol–water partition coefficient (Wildman–Crippen LogP) is 2.44. The molecule has 0 radical (unpaired) electrons. The molecule has 1 aromatic carbocycles. The van der Waals surface area contributed by atoms with Crippen LogP contribution < -0.4 is 10.5 Å². The standard InChI is InChI=1S/C10H11ClFNO/c1-14-8-5-6(10(13)2-3-10)4-7(11)9(8)12/h4-5H,2-3,13H2,1H3. The Kier molecular flexibility index (Phi) is 2.16. The molecule has 0 bridgehead atoms. The summed E-state index contributed by atoms with van der Waals surface area (Å²) in [6.45, 7) is 0. The van der Waals surface area contributed by atoms with Crippen molar-refractivity contribution in [3.63, 3.8) is 0 Å². The second-order valence-electron chi connectivity index (χ2n) is 3.63. The van der Waals surface area contributed by atoms with Crippen LogP contribution in [0.15, 0.2) is 12.1 Å². The van der Waals surface area contributed by atoms with E-state index in [1.54, 1.807) is 12.1 Å². The van der Waals surface area contributed by atoms with Crippen molar-refractivity contribution in [2.75, 3.05) is 7.11 Å². The fourth-order valence-corrected chi connectivity index (χ4v) is 1.63. The van der Waals surface area contributed by atoms with Gasteiger partial charge in [-0.05, 0) is 30.5 Å². The highest BCUT2D eigenvalue weighted by Crippen LogP contribution is 2.45. The zero-order valence-electron chi connectivity index (χ0n) is 7.81. The number of nitrogens with two attached hydrogens (primary N) is 1. The van der Waals surface area contributed by atoms with E-state index in [0.29, 0.717) is 0 Å². The van der Waals surface area contributed by atoms with Crippen LogP contribution in [0, 0.1) is 5.82 Å². The lowest BCUT2D eigenvalue weighted by atomic mass is 10.1. The molecule has 0 aromatic heterocycles. The van der Waals surface area contributed by atoms with E-state index in [1.807, 2.05) is 0 Å². The SMILES string of the molecule is COc1cc(C2(N)CC2)cc(Cl)c1F. The van der Waals surface area contributed by atoms with Gasteiger partial charge in [-0.3, -0.25) is 0 Å². The van der Waals surface area contributed by atoms with Crippen molar-refractivity contribution < 1.29 is 9.13 Å². The van der Waals surface area contributed by atoms with Crippen LogP contribution in [0.4, 0.5) is 4.39 Å². The number of hydrogen-bond donors (Lipinski definition) is 1. The van der Waals surface area contributed by atoms with Crippen LogP contribution in [0.1, 0.15) is 18.4 Å². The summed E-state index contributed by atoms with van der Waals surface area (Å²) in [4.78, 5) is 0. The van der Waals surface area contributed by atoms with Crippen LogP contribution in [-0.2, 0) is 5.54 Å². The summed E-state index contributed by atoms with van der Waals surface area (Å²) in [6, 6.07) is 3.20. The maximum Gasteiger partial charge on any atom is 0.183 e. The van der Waals surface area contributed by atoms with Crippen molar-refractivity contribution in [3.8, 4) is 5.75 Å². The molecule has 1 fully saturated rings. The van der Waals surface area contributed by atoms with E-state index in [2.05, 4.69) is 0 Å². The van der Waals surface area contributed by atoms with Crippen LogP contribution in [0.5, 0.6) is 5.75 Å². The van der Waals surface area contributed by atoms with Gasteiger partial charge in [0.2, 0.25) is 0 Å². The highest BCUT2D eigenvalue weighted by Gasteiger charge is 2.40. The van der Waals surface area contributed by atoms with E-state index in [0.717, 1.165) is 18.4 Å². The molecule has 14 heavy (non-hydrogen) atoms. The zero-order chi connectivity index (χ0) is 10.3. The van der Waals surface area contributed by atoms with Gasteiger partial charge < -0.3 is 10.5 Å². The fraction of sp³-hybridized carbons (Fsp3) is 0.400. The van der Waals surface area contributed by atoms with E-state index in [-0.39, 0.29) is 16.3 Å². The monoisotopic (exact) mass is 215 g/mol. The Morgan fingerprint density at radius 3 is 2.64 bits per heavy atom. The fourth-order valence-electron chi connectivity index (χ4n) is 1.42. The third-order valence-corrected chi connectivity index (χ3v) is 2.85. The van der Waals surface area contributed by atoms with E-state index in [4.69, 9.17) is 22.1 Å². The molecule has 0 atom stereocenters. The molecule has 1 aliphatic carbocycles. The average molecular weight is 216 g/mol.